The van der Waals surface area contributed by atoms with Crippen LogP contribution in [-0.4, -0.2) is 28.3 Å². The Hall–Kier alpha value is -3.16. The fraction of sp³-hybridized carbons (Fsp3) is 0.0714. The Bertz CT molecular complexity index is 774. The second-order valence-electron chi connectivity index (χ2n) is 4.41. The molecule has 0 unspecified atom stereocenters. The van der Waals surface area contributed by atoms with Gasteiger partial charge in [0.15, 0.2) is 5.82 Å². The molecule has 2 rings (SSSR count). The van der Waals surface area contributed by atoms with E-state index in [4.69, 9.17) is 11.1 Å². The molecule has 0 radical (unpaired) electrons. The minimum Gasteiger partial charge on any atom is -0.383 e. The van der Waals surface area contributed by atoms with Gasteiger partial charge in [0.2, 0.25) is 11.6 Å². The van der Waals surface area contributed by atoms with E-state index in [1.54, 1.807) is 6.07 Å². The number of nitrogen functional groups attached to an aromatic ring is 1. The summed E-state index contributed by atoms with van der Waals surface area (Å²) in [6, 6.07) is 4.13. The van der Waals surface area contributed by atoms with E-state index in [1.165, 1.54) is 25.4 Å². The van der Waals surface area contributed by atoms with Crippen LogP contribution in [0.2, 0.25) is 0 Å². The van der Waals surface area contributed by atoms with E-state index in [1.807, 2.05) is 0 Å². The first-order chi connectivity index (χ1) is 10.4. The lowest BCUT2D eigenvalue weighted by Gasteiger charge is -2.07. The lowest BCUT2D eigenvalue weighted by molar-refractivity contribution is -0.114. The lowest BCUT2D eigenvalue weighted by Crippen LogP contribution is -2.41. The molecule has 0 fully saturated rings. The Balaban J connectivity index is 2.45. The Morgan fingerprint density at radius 1 is 1.45 bits per heavy atom. The maximum atomic E-state index is 14.0. The highest BCUT2D eigenvalue weighted by atomic mass is 19.1. The van der Waals surface area contributed by atoms with Crippen LogP contribution in [0.25, 0.3) is 0 Å². The molecule has 2 aromatic rings. The summed E-state index contributed by atoms with van der Waals surface area (Å²) in [4.78, 5) is 22.5. The van der Waals surface area contributed by atoms with Gasteiger partial charge in [-0.3, -0.25) is 10.2 Å². The number of benzene rings is 1. The van der Waals surface area contributed by atoms with Gasteiger partial charge in [-0.2, -0.15) is 0 Å². The average Bonchev–Trinajstić information content (AvgIpc) is 2.48. The molecule has 0 saturated heterocycles. The molecule has 0 spiro atoms. The topological polar surface area (TPSA) is 119 Å². The first kappa shape index (κ1) is 15.2. The first-order valence-electron chi connectivity index (χ1n) is 6.21. The van der Waals surface area contributed by atoms with E-state index in [0.717, 1.165) is 0 Å². The maximum absolute atomic E-state index is 14.0. The Morgan fingerprint density at radius 2 is 2.18 bits per heavy atom. The van der Waals surface area contributed by atoms with E-state index < -0.39 is 5.82 Å². The number of nitrogens with zero attached hydrogens (tertiary/aromatic N) is 3. The smallest absolute Gasteiger partial charge is 0.221 e. The minimum absolute atomic E-state index is 0.0587. The predicted molar refractivity (Wildman–Crippen MR) is 81.5 cm³/mol. The molecule has 1 aromatic heterocycles. The number of aliphatic imine (C=N–C) groups is 1. The predicted octanol–water partition coefficient (Wildman–Crippen LogP) is 0.0849. The summed E-state index contributed by atoms with van der Waals surface area (Å²) in [6.07, 6.45) is 1.23. The monoisotopic (exact) mass is 301 g/mol. The van der Waals surface area contributed by atoms with Gasteiger partial charge in [0, 0.05) is 12.5 Å². The number of nitrogens with two attached hydrogens (primary N) is 2. The summed E-state index contributed by atoms with van der Waals surface area (Å²) in [5.74, 6) is -0.681. The van der Waals surface area contributed by atoms with Crippen molar-refractivity contribution in [2.24, 2.45) is 4.99 Å². The normalized spacial score (nSPS) is 10.1. The van der Waals surface area contributed by atoms with Crippen molar-refractivity contribution >= 4 is 35.7 Å². The van der Waals surface area contributed by atoms with Crippen LogP contribution in [0.1, 0.15) is 18.1 Å². The number of hydrogen-bond donors (Lipinski definition) is 3. The molecule has 8 heteroatoms. The third kappa shape index (κ3) is 2.95. The van der Waals surface area contributed by atoms with Gasteiger partial charge in [-0.05, 0) is 24.9 Å². The van der Waals surface area contributed by atoms with Crippen molar-refractivity contribution < 1.29 is 14.6 Å². The molecule has 1 amide bonds. The van der Waals surface area contributed by atoms with Gasteiger partial charge in [0.25, 0.3) is 0 Å². The van der Waals surface area contributed by atoms with Crippen LogP contribution in [0.3, 0.4) is 0 Å². The fourth-order valence-corrected chi connectivity index (χ4v) is 1.89. The number of amides is 1. The second kappa shape index (κ2) is 6.08. The van der Waals surface area contributed by atoms with E-state index in [0.29, 0.717) is 5.56 Å². The molecule has 5 N–H and O–H groups in total. The number of aromatic nitrogens is 2. The largest absolute Gasteiger partial charge is 0.383 e. The molecule has 1 heterocycles. The number of anilines is 2. The van der Waals surface area contributed by atoms with Gasteiger partial charge >= 0.3 is 0 Å². The molecule has 7 nitrogen and oxygen atoms in total. The van der Waals surface area contributed by atoms with Gasteiger partial charge < -0.3 is 11.1 Å². The number of carbonyl (C=O) groups is 1. The lowest BCUT2D eigenvalue weighted by atomic mass is 10.0. The first-order valence-corrected chi connectivity index (χ1v) is 6.21. The van der Waals surface area contributed by atoms with Gasteiger partial charge in [0.1, 0.15) is 23.5 Å². The van der Waals surface area contributed by atoms with Gasteiger partial charge in [-0.15, -0.1) is 0 Å². The molecule has 1 aromatic carbocycles. The van der Waals surface area contributed by atoms with E-state index in [-0.39, 0.29) is 34.5 Å². The number of nitrogens with one attached hydrogen (secondary N) is 1. The Labute approximate surface area is 125 Å². The van der Waals surface area contributed by atoms with E-state index >= 15 is 0 Å². The molecule has 0 saturated carbocycles. The highest BCUT2D eigenvalue weighted by molar-refractivity contribution is 6.14. The zero-order valence-corrected chi connectivity index (χ0v) is 11.8. The molecular weight excluding hydrogens is 287 g/mol. The van der Waals surface area contributed by atoms with E-state index in [2.05, 4.69) is 27.0 Å². The van der Waals surface area contributed by atoms with Crippen molar-refractivity contribution in [2.75, 3.05) is 11.1 Å². The standard InChI is InChI=1S/C14H13FN6O/c1-7(22)21-10-4-3-8(5-9(10)15)12(16)11-13(17)19-6-20-14(11)18-2/h3-6,16H,2H2,1H3,(H,21,22)(H2,17,19,20)/p+1. The van der Waals surface area contributed by atoms with Crippen LogP contribution in [0.15, 0.2) is 29.5 Å². The molecule has 0 aliphatic rings. The van der Waals surface area contributed by atoms with Crippen molar-refractivity contribution in [3.63, 3.8) is 0 Å². The summed E-state index contributed by atoms with van der Waals surface area (Å²) in [5.41, 5.74) is 6.64. The van der Waals surface area contributed by atoms with Crippen LogP contribution in [0, 0.1) is 5.82 Å². The molecule has 112 valence electrons. The molecule has 22 heavy (non-hydrogen) atoms. The highest BCUT2D eigenvalue weighted by Gasteiger charge is 2.21. The summed E-state index contributed by atoms with van der Waals surface area (Å²) in [5, 5.41) is 8.40. The molecule has 0 aliphatic heterocycles. The zero-order valence-electron chi connectivity index (χ0n) is 11.8. The SMILES string of the molecule is C=Nc1ncnc(N)c1C(=[NH2+])c1ccc(NC(C)=O)c(F)c1. The number of carbonyl (C=O) groups excluding carboxylic acids is 1. The summed E-state index contributed by atoms with van der Waals surface area (Å²) in [7, 11) is 0. The molecule has 0 bridgehead atoms. The summed E-state index contributed by atoms with van der Waals surface area (Å²) < 4.78 is 14.0. The Kier molecular flexibility index (Phi) is 4.21. The van der Waals surface area contributed by atoms with Crippen LogP contribution in [-0.2, 0) is 4.79 Å². The van der Waals surface area contributed by atoms with Crippen molar-refractivity contribution in [3.05, 3.63) is 41.5 Å². The van der Waals surface area contributed by atoms with Gasteiger partial charge in [0.05, 0.1) is 5.69 Å². The van der Waals surface area contributed by atoms with Crippen LogP contribution >= 0.6 is 0 Å². The van der Waals surface area contributed by atoms with Gasteiger partial charge in [-0.1, -0.05) is 0 Å². The third-order valence-electron chi connectivity index (χ3n) is 2.87. The molecule has 0 atom stereocenters. The quantitative estimate of drug-likeness (QED) is 0.693. The van der Waals surface area contributed by atoms with Crippen LogP contribution in [0.4, 0.5) is 21.7 Å². The summed E-state index contributed by atoms with van der Waals surface area (Å²) >= 11 is 0. The highest BCUT2D eigenvalue weighted by Crippen LogP contribution is 2.24. The van der Waals surface area contributed by atoms with Crippen LogP contribution in [0.5, 0.6) is 0 Å². The second-order valence-corrected chi connectivity index (χ2v) is 4.41. The maximum Gasteiger partial charge on any atom is 0.221 e. The van der Waals surface area contributed by atoms with Crippen molar-refractivity contribution in [2.45, 2.75) is 6.92 Å². The molecular formula is C14H14FN6O+. The average molecular weight is 301 g/mol. The number of halogens is 1. The van der Waals surface area contributed by atoms with Crippen molar-refractivity contribution in [3.8, 4) is 0 Å². The van der Waals surface area contributed by atoms with Crippen molar-refractivity contribution in [1.29, 1.82) is 0 Å². The third-order valence-corrected chi connectivity index (χ3v) is 2.87. The zero-order chi connectivity index (χ0) is 16.3. The number of rotatable bonds is 4. The molecule has 0 aliphatic carbocycles. The van der Waals surface area contributed by atoms with E-state index in [9.17, 15) is 9.18 Å². The Morgan fingerprint density at radius 3 is 2.77 bits per heavy atom. The number of hydrogen-bond acceptors (Lipinski definition) is 5. The van der Waals surface area contributed by atoms with Crippen LogP contribution < -0.4 is 16.5 Å². The minimum atomic E-state index is -0.626. The van der Waals surface area contributed by atoms with Crippen molar-refractivity contribution in [1.82, 2.24) is 9.97 Å². The fourth-order valence-electron chi connectivity index (χ4n) is 1.89. The summed E-state index contributed by atoms with van der Waals surface area (Å²) in [6.45, 7) is 4.68. The van der Waals surface area contributed by atoms with Gasteiger partial charge in [-0.25, -0.2) is 19.4 Å².